The van der Waals surface area contributed by atoms with Crippen LogP contribution in [0.1, 0.15) is 54.4 Å². The standard InChI is InChI=1S/C27H39NO4Si/c1-26(2,3)32-25(29)28-21(18-19-24(28)30-7)20-31-33(27(4,5)6,22-14-10-8-11-15-22)23-16-12-9-13-17-23/h8-17,21,24H,18-20H2,1-7H3/t21-,24+/m0/s1. The van der Waals surface area contributed by atoms with E-state index < -0.39 is 13.9 Å². The second-order valence-corrected chi connectivity index (χ2v) is 15.1. The minimum absolute atomic E-state index is 0.105. The Morgan fingerprint density at radius 1 is 0.909 bits per heavy atom. The highest BCUT2D eigenvalue weighted by atomic mass is 28.4. The lowest BCUT2D eigenvalue weighted by molar-refractivity contribution is -0.0462. The van der Waals surface area contributed by atoms with E-state index in [1.807, 2.05) is 32.9 Å². The third-order valence-corrected chi connectivity index (χ3v) is 11.2. The van der Waals surface area contributed by atoms with Gasteiger partial charge in [0.1, 0.15) is 11.8 Å². The lowest BCUT2D eigenvalue weighted by atomic mass is 10.2. The summed E-state index contributed by atoms with van der Waals surface area (Å²) < 4.78 is 18.4. The van der Waals surface area contributed by atoms with Crippen LogP contribution in [0.5, 0.6) is 0 Å². The van der Waals surface area contributed by atoms with Gasteiger partial charge >= 0.3 is 6.09 Å². The quantitative estimate of drug-likeness (QED) is 0.563. The molecule has 0 radical (unpaired) electrons. The van der Waals surface area contributed by atoms with E-state index in [9.17, 15) is 4.79 Å². The molecular weight excluding hydrogens is 430 g/mol. The lowest BCUT2D eigenvalue weighted by Gasteiger charge is -2.44. The zero-order valence-electron chi connectivity index (χ0n) is 21.1. The predicted octanol–water partition coefficient (Wildman–Crippen LogP) is 4.94. The van der Waals surface area contributed by atoms with Gasteiger partial charge in [0.2, 0.25) is 0 Å². The van der Waals surface area contributed by atoms with Gasteiger partial charge in [-0.25, -0.2) is 4.79 Å². The molecule has 5 nitrogen and oxygen atoms in total. The second kappa shape index (κ2) is 10.00. The minimum Gasteiger partial charge on any atom is -0.444 e. The Hall–Kier alpha value is -2.15. The van der Waals surface area contributed by atoms with Gasteiger partial charge < -0.3 is 13.9 Å². The van der Waals surface area contributed by atoms with Crippen molar-refractivity contribution in [3.63, 3.8) is 0 Å². The van der Waals surface area contributed by atoms with E-state index in [1.165, 1.54) is 10.4 Å². The smallest absolute Gasteiger partial charge is 0.412 e. The molecule has 1 aliphatic rings. The van der Waals surface area contributed by atoms with E-state index >= 15 is 0 Å². The number of ether oxygens (including phenoxy) is 2. The van der Waals surface area contributed by atoms with E-state index in [0.717, 1.165) is 12.8 Å². The van der Waals surface area contributed by atoms with Crippen LogP contribution < -0.4 is 10.4 Å². The number of benzene rings is 2. The van der Waals surface area contributed by atoms with E-state index in [0.29, 0.717) is 6.61 Å². The summed E-state index contributed by atoms with van der Waals surface area (Å²) >= 11 is 0. The predicted molar refractivity (Wildman–Crippen MR) is 135 cm³/mol. The van der Waals surface area contributed by atoms with E-state index in [1.54, 1.807) is 12.0 Å². The molecule has 0 N–H and O–H groups in total. The van der Waals surface area contributed by atoms with Crippen LogP contribution in [0.25, 0.3) is 0 Å². The number of carbonyl (C=O) groups excluding carboxylic acids is 1. The summed E-state index contributed by atoms with van der Waals surface area (Å²) in [5.41, 5.74) is -0.568. The van der Waals surface area contributed by atoms with E-state index in [4.69, 9.17) is 13.9 Å². The molecule has 0 bridgehead atoms. The number of carbonyl (C=O) groups is 1. The van der Waals surface area contributed by atoms with Crippen LogP contribution in [0.2, 0.25) is 5.04 Å². The second-order valence-electron chi connectivity index (χ2n) is 10.8. The highest BCUT2D eigenvalue weighted by Crippen LogP contribution is 2.38. The van der Waals surface area contributed by atoms with Crippen LogP contribution >= 0.6 is 0 Å². The molecule has 33 heavy (non-hydrogen) atoms. The molecule has 3 rings (SSSR count). The van der Waals surface area contributed by atoms with Crippen LogP contribution in [0.15, 0.2) is 60.7 Å². The third-order valence-electron chi connectivity index (χ3n) is 6.24. The van der Waals surface area contributed by atoms with Crippen LogP contribution in [0, 0.1) is 0 Å². The maximum atomic E-state index is 13.1. The molecule has 1 saturated heterocycles. The van der Waals surface area contributed by atoms with Gasteiger partial charge in [-0.1, -0.05) is 81.4 Å². The zero-order valence-corrected chi connectivity index (χ0v) is 22.1. The highest BCUT2D eigenvalue weighted by molar-refractivity contribution is 6.99. The monoisotopic (exact) mass is 469 g/mol. The molecule has 6 heteroatoms. The van der Waals surface area contributed by atoms with Crippen molar-refractivity contribution < 1.29 is 18.7 Å². The molecule has 1 fully saturated rings. The Morgan fingerprint density at radius 2 is 1.42 bits per heavy atom. The molecular formula is C27H39NO4Si. The Morgan fingerprint density at radius 3 is 1.85 bits per heavy atom. The van der Waals surface area contributed by atoms with E-state index in [-0.39, 0.29) is 23.4 Å². The topological polar surface area (TPSA) is 48.0 Å². The fraction of sp³-hybridized carbons (Fsp3) is 0.519. The average molecular weight is 470 g/mol. The van der Waals surface area contributed by atoms with Gasteiger partial charge in [0.05, 0.1) is 12.6 Å². The van der Waals surface area contributed by atoms with Crippen LogP contribution in [-0.4, -0.2) is 50.9 Å². The van der Waals surface area contributed by atoms with Gasteiger partial charge in [-0.05, 0) is 49.0 Å². The molecule has 0 saturated carbocycles. The summed E-state index contributed by atoms with van der Waals surface area (Å²) in [5, 5.41) is 2.34. The zero-order chi connectivity index (χ0) is 24.3. The molecule has 1 amide bonds. The van der Waals surface area contributed by atoms with Gasteiger partial charge in [0.25, 0.3) is 8.32 Å². The number of methoxy groups -OCH3 is 1. The first-order valence-corrected chi connectivity index (χ1v) is 13.7. The Balaban J connectivity index is 1.98. The van der Waals surface area contributed by atoms with Crippen molar-refractivity contribution in [3.05, 3.63) is 60.7 Å². The van der Waals surface area contributed by atoms with Crippen molar-refractivity contribution in [1.82, 2.24) is 4.90 Å². The summed E-state index contributed by atoms with van der Waals surface area (Å²) in [7, 11) is -1.03. The summed E-state index contributed by atoms with van der Waals surface area (Å²) in [4.78, 5) is 14.8. The average Bonchev–Trinajstić information content (AvgIpc) is 3.17. The first-order chi connectivity index (χ1) is 15.5. The molecule has 180 valence electrons. The van der Waals surface area contributed by atoms with Gasteiger partial charge in [0, 0.05) is 7.11 Å². The van der Waals surface area contributed by atoms with Crippen molar-refractivity contribution in [2.45, 2.75) is 77.3 Å². The summed E-state index contributed by atoms with van der Waals surface area (Å²) in [6.45, 7) is 12.9. The van der Waals surface area contributed by atoms with Crippen molar-refractivity contribution in [1.29, 1.82) is 0 Å². The molecule has 0 aromatic heterocycles. The number of hydrogen-bond acceptors (Lipinski definition) is 4. The first-order valence-electron chi connectivity index (χ1n) is 11.8. The molecule has 0 unspecified atom stereocenters. The molecule has 2 aromatic carbocycles. The highest BCUT2D eigenvalue weighted by Gasteiger charge is 2.51. The number of amides is 1. The van der Waals surface area contributed by atoms with Gasteiger partial charge in [0.15, 0.2) is 0 Å². The summed E-state index contributed by atoms with van der Waals surface area (Å²) in [6, 6.07) is 21.0. The maximum Gasteiger partial charge on any atom is 0.412 e. The fourth-order valence-electron chi connectivity index (χ4n) is 4.81. The fourth-order valence-corrected chi connectivity index (χ4v) is 9.41. The normalized spacial score (nSPS) is 19.5. The molecule has 1 aliphatic heterocycles. The molecule has 0 spiro atoms. The van der Waals surface area contributed by atoms with Gasteiger partial charge in [-0.2, -0.15) is 0 Å². The lowest BCUT2D eigenvalue weighted by Crippen LogP contribution is -2.67. The van der Waals surface area contributed by atoms with Crippen LogP contribution in [0.3, 0.4) is 0 Å². The molecule has 2 aromatic rings. The molecule has 0 aliphatic carbocycles. The van der Waals surface area contributed by atoms with Crippen LogP contribution in [0.4, 0.5) is 4.79 Å². The SMILES string of the molecule is CO[C@@H]1CC[C@@H](CO[Si](c2ccccc2)(c2ccccc2)C(C)(C)C)N1C(=O)OC(C)(C)C. The largest absolute Gasteiger partial charge is 0.444 e. The number of hydrogen-bond donors (Lipinski definition) is 0. The maximum absolute atomic E-state index is 13.1. The van der Waals surface area contributed by atoms with Crippen LogP contribution in [-0.2, 0) is 13.9 Å². The number of rotatable bonds is 6. The van der Waals surface area contributed by atoms with Crippen molar-refractivity contribution in [2.24, 2.45) is 0 Å². The number of nitrogens with zero attached hydrogens (tertiary/aromatic N) is 1. The minimum atomic E-state index is -2.68. The molecule has 2 atom stereocenters. The summed E-state index contributed by atoms with van der Waals surface area (Å²) in [5.74, 6) is 0. The molecule has 1 heterocycles. The Kier molecular flexibility index (Phi) is 7.71. The van der Waals surface area contributed by atoms with E-state index in [2.05, 4.69) is 69.3 Å². The Bertz CT molecular complexity index is 866. The first kappa shape index (κ1) is 25.5. The van der Waals surface area contributed by atoms with Crippen molar-refractivity contribution in [2.75, 3.05) is 13.7 Å². The summed E-state index contributed by atoms with van der Waals surface area (Å²) in [6.07, 6.45) is 0.941. The van der Waals surface area contributed by atoms with Gasteiger partial charge in [-0.3, -0.25) is 4.90 Å². The Labute approximate surface area is 200 Å². The number of likely N-dealkylation sites (tertiary alicyclic amines) is 1. The van der Waals surface area contributed by atoms with Gasteiger partial charge in [-0.15, -0.1) is 0 Å². The van der Waals surface area contributed by atoms with Crippen molar-refractivity contribution >= 4 is 24.8 Å². The third kappa shape index (κ3) is 5.50. The van der Waals surface area contributed by atoms with Crippen molar-refractivity contribution in [3.8, 4) is 0 Å².